The van der Waals surface area contributed by atoms with Crippen LogP contribution in [-0.2, 0) is 16.9 Å². The average molecular weight is 381 g/mol. The molecule has 3 amide bonds. The number of urea groups is 1. The van der Waals surface area contributed by atoms with Crippen LogP contribution in [0, 0.1) is 5.82 Å². The molecule has 0 spiro atoms. The number of thiazole rings is 1. The number of nitrogens with one attached hydrogen (secondary N) is 1. The van der Waals surface area contributed by atoms with Crippen LogP contribution in [0.25, 0.3) is 10.6 Å². The summed E-state index contributed by atoms with van der Waals surface area (Å²) in [6.45, 7) is 1.79. The highest BCUT2D eigenvalue weighted by Crippen LogP contribution is 2.30. The first-order valence-electron chi connectivity index (χ1n) is 8.37. The molecule has 2 heterocycles. The quantitative estimate of drug-likeness (QED) is 0.697. The minimum Gasteiger partial charge on any atom is -0.319 e. The predicted molar refractivity (Wildman–Crippen MR) is 100 cm³/mol. The summed E-state index contributed by atoms with van der Waals surface area (Å²) in [6, 6.07) is 14.8. The van der Waals surface area contributed by atoms with Gasteiger partial charge >= 0.3 is 6.03 Å². The van der Waals surface area contributed by atoms with E-state index in [9.17, 15) is 14.0 Å². The van der Waals surface area contributed by atoms with Crippen LogP contribution in [0.1, 0.15) is 18.2 Å². The molecule has 0 bridgehead atoms. The Morgan fingerprint density at radius 1 is 1.11 bits per heavy atom. The molecular weight excluding hydrogens is 365 g/mol. The largest absolute Gasteiger partial charge is 0.325 e. The summed E-state index contributed by atoms with van der Waals surface area (Å²) in [5, 5.41) is 5.30. The number of halogens is 1. The molecule has 0 unspecified atom stereocenters. The number of rotatable bonds is 4. The average Bonchev–Trinajstić information content (AvgIpc) is 3.23. The standard InChI is InChI=1S/C20H16FN3O2S/c1-20(14-5-3-2-4-6-14)18(25)24(19(26)23-20)11-16-12-27-17(22-16)13-7-9-15(21)10-8-13/h2-10,12H,11H2,1H3,(H,23,26)/t20-/m1/s1. The highest BCUT2D eigenvalue weighted by Gasteiger charge is 2.48. The maximum Gasteiger partial charge on any atom is 0.325 e. The van der Waals surface area contributed by atoms with Crippen LogP contribution in [0.2, 0.25) is 0 Å². The van der Waals surface area contributed by atoms with Crippen molar-refractivity contribution in [1.29, 1.82) is 0 Å². The molecule has 136 valence electrons. The summed E-state index contributed by atoms with van der Waals surface area (Å²) < 4.78 is 13.1. The maximum absolute atomic E-state index is 13.1. The third-order valence-electron chi connectivity index (χ3n) is 4.59. The molecule has 1 aromatic heterocycles. The van der Waals surface area contributed by atoms with Gasteiger partial charge in [-0.05, 0) is 36.8 Å². The number of hydrogen-bond donors (Lipinski definition) is 1. The van der Waals surface area contributed by atoms with Gasteiger partial charge in [-0.2, -0.15) is 0 Å². The third kappa shape index (κ3) is 3.10. The number of aromatic nitrogens is 1. The summed E-state index contributed by atoms with van der Waals surface area (Å²) in [4.78, 5) is 31.0. The van der Waals surface area contributed by atoms with Gasteiger partial charge in [-0.15, -0.1) is 11.3 Å². The van der Waals surface area contributed by atoms with E-state index in [0.717, 1.165) is 11.1 Å². The van der Waals surface area contributed by atoms with Gasteiger partial charge in [0.2, 0.25) is 0 Å². The maximum atomic E-state index is 13.1. The van der Waals surface area contributed by atoms with Crippen LogP contribution in [0.3, 0.4) is 0 Å². The van der Waals surface area contributed by atoms with Crippen molar-refractivity contribution in [2.75, 3.05) is 0 Å². The molecule has 5 nitrogen and oxygen atoms in total. The molecule has 1 aliphatic rings. The van der Waals surface area contributed by atoms with Gasteiger partial charge in [-0.25, -0.2) is 14.2 Å². The zero-order valence-corrected chi connectivity index (χ0v) is 15.3. The summed E-state index contributed by atoms with van der Waals surface area (Å²) in [5.41, 5.74) is 1.05. The number of nitrogens with zero attached hydrogens (tertiary/aromatic N) is 2. The van der Waals surface area contributed by atoms with E-state index < -0.39 is 11.6 Å². The molecular formula is C20H16FN3O2S. The van der Waals surface area contributed by atoms with Crippen LogP contribution in [0.5, 0.6) is 0 Å². The molecule has 3 aromatic rings. The number of carbonyl (C=O) groups is 2. The van der Waals surface area contributed by atoms with Gasteiger partial charge in [0.05, 0.1) is 12.2 Å². The molecule has 1 N–H and O–H groups in total. The Bertz CT molecular complexity index is 1000. The highest BCUT2D eigenvalue weighted by atomic mass is 32.1. The van der Waals surface area contributed by atoms with E-state index in [1.54, 1.807) is 24.4 Å². The van der Waals surface area contributed by atoms with Crippen LogP contribution in [0.15, 0.2) is 60.0 Å². The summed E-state index contributed by atoms with van der Waals surface area (Å²) in [7, 11) is 0. The van der Waals surface area contributed by atoms with E-state index in [1.807, 2.05) is 30.3 Å². The van der Waals surface area contributed by atoms with Gasteiger partial charge in [-0.1, -0.05) is 30.3 Å². The molecule has 0 saturated carbocycles. The lowest BCUT2D eigenvalue weighted by Gasteiger charge is -2.21. The van der Waals surface area contributed by atoms with Crippen molar-refractivity contribution in [2.24, 2.45) is 0 Å². The second-order valence-corrected chi connectivity index (χ2v) is 7.32. The lowest BCUT2D eigenvalue weighted by molar-refractivity contribution is -0.131. The van der Waals surface area contributed by atoms with E-state index in [-0.39, 0.29) is 18.3 Å². The normalized spacial score (nSPS) is 19.4. The van der Waals surface area contributed by atoms with Crippen molar-refractivity contribution in [3.63, 3.8) is 0 Å². The van der Waals surface area contributed by atoms with E-state index in [1.165, 1.54) is 28.4 Å². The van der Waals surface area contributed by atoms with Crippen LogP contribution >= 0.6 is 11.3 Å². The fourth-order valence-corrected chi connectivity index (χ4v) is 3.89. The first-order valence-corrected chi connectivity index (χ1v) is 9.25. The second kappa shape index (κ2) is 6.59. The Labute approximate surface area is 159 Å². The van der Waals surface area contributed by atoms with Crippen molar-refractivity contribution in [3.8, 4) is 10.6 Å². The van der Waals surface area contributed by atoms with Crippen molar-refractivity contribution >= 4 is 23.3 Å². The zero-order chi connectivity index (χ0) is 19.0. The van der Waals surface area contributed by atoms with Gasteiger partial charge in [0.25, 0.3) is 5.91 Å². The fraction of sp³-hybridized carbons (Fsp3) is 0.150. The predicted octanol–water partition coefficient (Wildman–Crippen LogP) is 3.92. The first-order chi connectivity index (χ1) is 13.0. The van der Waals surface area contributed by atoms with Crippen LogP contribution < -0.4 is 5.32 Å². The summed E-state index contributed by atoms with van der Waals surface area (Å²) in [6.07, 6.45) is 0. The molecule has 1 fully saturated rings. The van der Waals surface area contributed by atoms with Gasteiger partial charge in [0.1, 0.15) is 16.4 Å². The first kappa shape index (κ1) is 17.4. The number of hydrogen-bond acceptors (Lipinski definition) is 4. The van der Waals surface area contributed by atoms with Gasteiger partial charge < -0.3 is 5.32 Å². The van der Waals surface area contributed by atoms with Crippen molar-refractivity contribution in [3.05, 3.63) is 77.1 Å². The summed E-state index contributed by atoms with van der Waals surface area (Å²) in [5.74, 6) is -0.620. The Hall–Kier alpha value is -3.06. The SMILES string of the molecule is C[C@]1(c2ccccc2)NC(=O)N(Cc2csc(-c3ccc(F)cc3)n2)C1=O. The van der Waals surface area contributed by atoms with E-state index in [2.05, 4.69) is 10.3 Å². The lowest BCUT2D eigenvalue weighted by atomic mass is 9.92. The lowest BCUT2D eigenvalue weighted by Crippen LogP contribution is -2.40. The summed E-state index contributed by atoms with van der Waals surface area (Å²) >= 11 is 1.39. The zero-order valence-electron chi connectivity index (χ0n) is 14.5. The number of carbonyl (C=O) groups excluding carboxylic acids is 2. The van der Waals surface area contributed by atoms with E-state index >= 15 is 0 Å². The Morgan fingerprint density at radius 2 is 1.81 bits per heavy atom. The van der Waals surface area contributed by atoms with Gasteiger partial charge in [0.15, 0.2) is 0 Å². The van der Waals surface area contributed by atoms with E-state index in [0.29, 0.717) is 10.7 Å². The number of benzene rings is 2. The Kier molecular flexibility index (Phi) is 4.24. The van der Waals surface area contributed by atoms with Gasteiger partial charge in [0, 0.05) is 10.9 Å². The molecule has 0 radical (unpaired) electrons. The third-order valence-corrected chi connectivity index (χ3v) is 5.53. The Balaban J connectivity index is 1.56. The molecule has 27 heavy (non-hydrogen) atoms. The monoisotopic (exact) mass is 381 g/mol. The van der Waals surface area contributed by atoms with Crippen LogP contribution in [-0.4, -0.2) is 21.8 Å². The van der Waals surface area contributed by atoms with Crippen LogP contribution in [0.4, 0.5) is 9.18 Å². The molecule has 0 aliphatic carbocycles. The highest BCUT2D eigenvalue weighted by molar-refractivity contribution is 7.13. The molecule has 2 aromatic carbocycles. The fourth-order valence-electron chi connectivity index (χ4n) is 3.07. The molecule has 7 heteroatoms. The minimum atomic E-state index is -1.09. The Morgan fingerprint density at radius 3 is 2.52 bits per heavy atom. The molecule has 1 aliphatic heterocycles. The van der Waals surface area contributed by atoms with Crippen molar-refractivity contribution in [1.82, 2.24) is 15.2 Å². The van der Waals surface area contributed by atoms with Gasteiger partial charge in [-0.3, -0.25) is 9.69 Å². The molecule has 1 atom stereocenters. The van der Waals surface area contributed by atoms with E-state index in [4.69, 9.17) is 0 Å². The molecule has 1 saturated heterocycles. The molecule has 4 rings (SSSR count). The number of amides is 3. The second-order valence-electron chi connectivity index (χ2n) is 6.46. The topological polar surface area (TPSA) is 62.3 Å². The van der Waals surface area contributed by atoms with Crippen molar-refractivity contribution < 1.29 is 14.0 Å². The smallest absolute Gasteiger partial charge is 0.319 e. The van der Waals surface area contributed by atoms with Crippen molar-refractivity contribution in [2.45, 2.75) is 19.0 Å². The number of imide groups is 1. The minimum absolute atomic E-state index is 0.0881.